The Hall–Kier alpha value is -2.70. The summed E-state index contributed by atoms with van der Waals surface area (Å²) in [4.78, 5) is 46.9. The average molecular weight is 348 g/mol. The highest BCUT2D eigenvalue weighted by atomic mass is 16.5. The third-order valence-electron chi connectivity index (χ3n) is 3.56. The van der Waals surface area contributed by atoms with Crippen LogP contribution in [0.1, 0.15) is 32.3 Å². The quantitative estimate of drug-likeness (QED) is 0.642. The van der Waals surface area contributed by atoms with Crippen molar-refractivity contribution in [3.05, 3.63) is 35.9 Å². The molecule has 0 radical (unpaired) electrons. The lowest BCUT2D eigenvalue weighted by atomic mass is 10.0. The van der Waals surface area contributed by atoms with E-state index in [1.165, 1.54) is 21.0 Å². The van der Waals surface area contributed by atoms with Gasteiger partial charge in [0.15, 0.2) is 0 Å². The molecule has 25 heavy (non-hydrogen) atoms. The second-order valence-electron chi connectivity index (χ2n) is 5.77. The van der Waals surface area contributed by atoms with Crippen LogP contribution >= 0.6 is 0 Å². The van der Waals surface area contributed by atoms with Crippen LogP contribution in [-0.4, -0.2) is 42.8 Å². The predicted octanol–water partition coefficient (Wildman–Crippen LogP) is 0.761. The van der Waals surface area contributed by atoms with E-state index in [-0.39, 0.29) is 31.0 Å². The van der Waals surface area contributed by atoms with E-state index in [4.69, 9.17) is 0 Å². The smallest absolute Gasteiger partial charge is 0.328 e. The molecule has 0 aliphatic rings. The Morgan fingerprint density at radius 1 is 1.00 bits per heavy atom. The second-order valence-corrected chi connectivity index (χ2v) is 5.77. The molecule has 0 spiro atoms. The number of carbonyl (C=O) groups excluding carboxylic acids is 4. The summed E-state index contributed by atoms with van der Waals surface area (Å²) in [5, 5.41) is 5.15. The maximum Gasteiger partial charge on any atom is 0.328 e. The molecular formula is C18H24N2O5. The molecule has 0 aliphatic carbocycles. The van der Waals surface area contributed by atoms with Crippen LogP contribution in [0.15, 0.2) is 30.3 Å². The minimum absolute atomic E-state index is 0.0918. The first-order chi connectivity index (χ1) is 11.8. The molecule has 0 unspecified atom stereocenters. The summed E-state index contributed by atoms with van der Waals surface area (Å²) < 4.78 is 4.67. The monoisotopic (exact) mass is 348 g/mol. The molecule has 2 N–H and O–H groups in total. The molecule has 0 saturated heterocycles. The van der Waals surface area contributed by atoms with Crippen LogP contribution in [0.4, 0.5) is 0 Å². The topological polar surface area (TPSA) is 102 Å². The van der Waals surface area contributed by atoms with E-state index in [1.807, 2.05) is 30.3 Å². The van der Waals surface area contributed by atoms with Gasteiger partial charge in [0.2, 0.25) is 11.8 Å². The average Bonchev–Trinajstić information content (AvgIpc) is 2.57. The maximum absolute atomic E-state index is 12.5. The van der Waals surface area contributed by atoms with Crippen molar-refractivity contribution in [2.24, 2.45) is 0 Å². The summed E-state index contributed by atoms with van der Waals surface area (Å²) in [7, 11) is 1.21. The highest BCUT2D eigenvalue weighted by molar-refractivity contribution is 5.90. The summed E-state index contributed by atoms with van der Waals surface area (Å²) in [5.41, 5.74) is 0.870. The van der Waals surface area contributed by atoms with Crippen LogP contribution in [0, 0.1) is 0 Å². The van der Waals surface area contributed by atoms with Gasteiger partial charge in [0.05, 0.1) is 7.11 Å². The van der Waals surface area contributed by atoms with Crippen molar-refractivity contribution < 1.29 is 23.9 Å². The number of hydrogen-bond acceptors (Lipinski definition) is 5. The lowest BCUT2D eigenvalue weighted by Crippen LogP contribution is -2.52. The van der Waals surface area contributed by atoms with Gasteiger partial charge in [-0.05, 0) is 18.9 Å². The van der Waals surface area contributed by atoms with Crippen molar-refractivity contribution in [2.75, 3.05) is 7.11 Å². The number of benzene rings is 1. The zero-order valence-electron chi connectivity index (χ0n) is 14.7. The van der Waals surface area contributed by atoms with Crippen LogP contribution in [0.3, 0.4) is 0 Å². The Labute approximate surface area is 147 Å². The first kappa shape index (κ1) is 20.3. The maximum atomic E-state index is 12.5. The van der Waals surface area contributed by atoms with Gasteiger partial charge in [0.1, 0.15) is 17.9 Å². The normalized spacial score (nSPS) is 12.6. The van der Waals surface area contributed by atoms with Crippen molar-refractivity contribution in [1.82, 2.24) is 10.6 Å². The van der Waals surface area contributed by atoms with Crippen LogP contribution in [0.5, 0.6) is 0 Å². The molecule has 0 saturated carbocycles. The standard InChI is InChI=1S/C18H24N2O5/c1-12(21)9-10-15(18(24)25-3)20-17(23)16(19-13(2)22)11-14-7-5-4-6-8-14/h4-8,15-16H,9-11H2,1-3H3,(H,19,22)(H,20,23)/t15-,16+/m0/s1. The molecule has 0 fully saturated rings. The molecule has 2 amide bonds. The molecule has 1 aromatic rings. The van der Waals surface area contributed by atoms with Gasteiger partial charge in [-0.15, -0.1) is 0 Å². The number of carbonyl (C=O) groups is 4. The number of rotatable bonds is 9. The van der Waals surface area contributed by atoms with Crippen LogP contribution in [0.2, 0.25) is 0 Å². The van der Waals surface area contributed by atoms with Gasteiger partial charge < -0.3 is 20.2 Å². The highest BCUT2D eigenvalue weighted by Gasteiger charge is 2.27. The number of Topliss-reactive ketones (excluding diaryl/α,β-unsaturated/α-hetero) is 1. The predicted molar refractivity (Wildman–Crippen MR) is 91.6 cm³/mol. The van der Waals surface area contributed by atoms with E-state index in [1.54, 1.807) is 0 Å². The summed E-state index contributed by atoms with van der Waals surface area (Å²) in [6, 6.07) is 7.44. The summed E-state index contributed by atoms with van der Waals surface area (Å²) in [6.07, 6.45) is 0.572. The van der Waals surface area contributed by atoms with E-state index in [9.17, 15) is 19.2 Å². The summed E-state index contributed by atoms with van der Waals surface area (Å²) in [6.45, 7) is 2.73. The Morgan fingerprint density at radius 3 is 2.16 bits per heavy atom. The van der Waals surface area contributed by atoms with Crippen LogP contribution < -0.4 is 10.6 Å². The zero-order valence-corrected chi connectivity index (χ0v) is 14.7. The molecule has 7 nitrogen and oxygen atoms in total. The molecule has 2 atom stereocenters. The molecular weight excluding hydrogens is 324 g/mol. The van der Waals surface area contributed by atoms with Crippen molar-refractivity contribution >= 4 is 23.6 Å². The lowest BCUT2D eigenvalue weighted by Gasteiger charge is -2.21. The van der Waals surface area contributed by atoms with E-state index >= 15 is 0 Å². The molecule has 0 bridgehead atoms. The van der Waals surface area contributed by atoms with Crippen molar-refractivity contribution in [3.63, 3.8) is 0 Å². The van der Waals surface area contributed by atoms with E-state index < -0.39 is 24.0 Å². The second kappa shape index (κ2) is 10.2. The number of amides is 2. The number of ether oxygens (including phenoxy) is 1. The Balaban J connectivity index is 2.84. The largest absolute Gasteiger partial charge is 0.467 e. The van der Waals surface area contributed by atoms with Gasteiger partial charge >= 0.3 is 5.97 Å². The number of ketones is 1. The minimum Gasteiger partial charge on any atom is -0.467 e. The third kappa shape index (κ3) is 7.60. The Bertz CT molecular complexity index is 615. The van der Waals surface area contributed by atoms with Gasteiger partial charge in [-0.2, -0.15) is 0 Å². The Kier molecular flexibility index (Phi) is 8.32. The molecule has 1 aromatic carbocycles. The van der Waals surface area contributed by atoms with Crippen molar-refractivity contribution in [1.29, 1.82) is 0 Å². The fourth-order valence-corrected chi connectivity index (χ4v) is 2.32. The summed E-state index contributed by atoms with van der Waals surface area (Å²) in [5.74, 6) is -1.57. The SMILES string of the molecule is COC(=O)[C@H](CCC(C)=O)NC(=O)[C@@H](Cc1ccccc1)NC(C)=O. The van der Waals surface area contributed by atoms with Gasteiger partial charge in [-0.3, -0.25) is 9.59 Å². The number of esters is 1. The number of hydrogen-bond donors (Lipinski definition) is 2. The minimum atomic E-state index is -0.937. The van der Waals surface area contributed by atoms with E-state index in [0.29, 0.717) is 0 Å². The van der Waals surface area contributed by atoms with Gasteiger partial charge in [0, 0.05) is 19.8 Å². The fraction of sp³-hybridized carbons (Fsp3) is 0.444. The van der Waals surface area contributed by atoms with Gasteiger partial charge in [0.25, 0.3) is 0 Å². The molecule has 0 heterocycles. The zero-order chi connectivity index (χ0) is 18.8. The Morgan fingerprint density at radius 2 is 1.64 bits per heavy atom. The van der Waals surface area contributed by atoms with E-state index in [0.717, 1.165) is 5.56 Å². The highest BCUT2D eigenvalue weighted by Crippen LogP contribution is 2.06. The van der Waals surface area contributed by atoms with Crippen molar-refractivity contribution in [2.45, 2.75) is 45.2 Å². The molecule has 136 valence electrons. The molecule has 0 aliphatic heterocycles. The first-order valence-corrected chi connectivity index (χ1v) is 8.02. The van der Waals surface area contributed by atoms with Crippen molar-refractivity contribution in [3.8, 4) is 0 Å². The molecule has 0 aromatic heterocycles. The summed E-state index contributed by atoms with van der Waals surface area (Å²) >= 11 is 0. The molecule has 1 rings (SSSR count). The van der Waals surface area contributed by atoms with Gasteiger partial charge in [-0.25, -0.2) is 4.79 Å². The third-order valence-corrected chi connectivity index (χ3v) is 3.56. The first-order valence-electron chi connectivity index (χ1n) is 8.02. The number of nitrogens with one attached hydrogen (secondary N) is 2. The van der Waals surface area contributed by atoms with Gasteiger partial charge in [-0.1, -0.05) is 30.3 Å². The van der Waals surface area contributed by atoms with Crippen LogP contribution in [0.25, 0.3) is 0 Å². The van der Waals surface area contributed by atoms with Crippen LogP contribution in [-0.2, 0) is 30.3 Å². The number of methoxy groups -OCH3 is 1. The lowest BCUT2D eigenvalue weighted by molar-refractivity contribution is -0.145. The fourth-order valence-electron chi connectivity index (χ4n) is 2.32. The van der Waals surface area contributed by atoms with E-state index in [2.05, 4.69) is 15.4 Å². The molecule has 7 heteroatoms.